The van der Waals surface area contributed by atoms with Crippen LogP contribution in [0.2, 0.25) is 0 Å². The average Bonchev–Trinajstić information content (AvgIpc) is 3.03. The van der Waals surface area contributed by atoms with Gasteiger partial charge < -0.3 is 9.13 Å². The van der Waals surface area contributed by atoms with Crippen LogP contribution in [0.5, 0.6) is 0 Å². The fourth-order valence-corrected chi connectivity index (χ4v) is 4.37. The quantitative estimate of drug-likeness (QED) is 0.616. The van der Waals surface area contributed by atoms with E-state index in [2.05, 4.69) is 31.5 Å². The summed E-state index contributed by atoms with van der Waals surface area (Å²) in [6.45, 7) is 0. The van der Waals surface area contributed by atoms with Crippen molar-refractivity contribution in [2.45, 2.75) is 30.5 Å². The molecule has 2 amide bonds. The van der Waals surface area contributed by atoms with Crippen LogP contribution in [0.25, 0.3) is 0 Å². The molecule has 3 aromatic heterocycles. The Bertz CT molecular complexity index is 956. The van der Waals surface area contributed by atoms with Gasteiger partial charge in [-0.1, -0.05) is 17.8 Å². The molecule has 1 aliphatic rings. The van der Waals surface area contributed by atoms with E-state index in [9.17, 15) is 9.59 Å². The molecule has 9 heteroatoms. The molecule has 0 atom stereocenters. The molecule has 0 aromatic carbocycles. The molecule has 1 N–H and O–H groups in total. The van der Waals surface area contributed by atoms with E-state index in [1.165, 1.54) is 16.6 Å². The van der Waals surface area contributed by atoms with E-state index in [-0.39, 0.29) is 11.7 Å². The highest BCUT2D eigenvalue weighted by Gasteiger charge is 2.30. The Morgan fingerprint density at radius 2 is 2.15 bits per heavy atom. The van der Waals surface area contributed by atoms with Crippen molar-refractivity contribution in [3.63, 3.8) is 0 Å². The molecule has 4 rings (SSSR count). The Hall–Kier alpha value is -2.39. The number of hydrogen-bond donors (Lipinski definition) is 1. The van der Waals surface area contributed by atoms with Crippen LogP contribution in [0.3, 0.4) is 0 Å². The highest BCUT2D eigenvalue weighted by Crippen LogP contribution is 2.39. The van der Waals surface area contributed by atoms with Crippen LogP contribution in [0.15, 0.2) is 41.0 Å². The third-order valence-electron chi connectivity index (χ3n) is 4.32. The van der Waals surface area contributed by atoms with Gasteiger partial charge in [0, 0.05) is 30.6 Å². The lowest BCUT2D eigenvalue weighted by molar-refractivity contribution is -0.117. The minimum absolute atomic E-state index is 0.125. The number of thiophene rings is 1. The number of amides is 2. The third-order valence-corrected chi connectivity index (χ3v) is 6.14. The van der Waals surface area contributed by atoms with E-state index in [1.54, 1.807) is 41.3 Å². The molecule has 7 nitrogen and oxygen atoms in total. The van der Waals surface area contributed by atoms with E-state index in [0.717, 1.165) is 30.2 Å². The summed E-state index contributed by atoms with van der Waals surface area (Å²) in [4.78, 5) is 25.5. The van der Waals surface area contributed by atoms with Crippen LogP contribution in [0.4, 0.5) is 0 Å². The molecule has 27 heavy (non-hydrogen) atoms. The lowest BCUT2D eigenvalue weighted by Gasteiger charge is -2.08. The van der Waals surface area contributed by atoms with Crippen LogP contribution in [0.1, 0.15) is 40.1 Å². The molecule has 0 saturated heterocycles. The smallest absolute Gasteiger partial charge is 0.274 e. The largest absolute Gasteiger partial charge is 0.347 e. The zero-order chi connectivity index (χ0) is 18.8. The van der Waals surface area contributed by atoms with Crippen molar-refractivity contribution < 1.29 is 9.59 Å². The fraction of sp³-hybridized carbons (Fsp3) is 0.333. The van der Waals surface area contributed by atoms with Crippen molar-refractivity contribution in [2.75, 3.05) is 5.75 Å². The van der Waals surface area contributed by atoms with Gasteiger partial charge in [-0.2, -0.15) is 0 Å². The van der Waals surface area contributed by atoms with Gasteiger partial charge in [0.1, 0.15) is 11.5 Å². The first-order valence-corrected chi connectivity index (χ1v) is 10.5. The van der Waals surface area contributed by atoms with Crippen molar-refractivity contribution in [3.05, 3.63) is 52.2 Å². The number of carbonyl (C=O) groups is 2. The summed E-state index contributed by atoms with van der Waals surface area (Å²) in [6.07, 6.45) is 4.74. The summed E-state index contributed by atoms with van der Waals surface area (Å²) in [5, 5.41) is 13.8. The minimum Gasteiger partial charge on any atom is -0.347 e. The van der Waals surface area contributed by atoms with Gasteiger partial charge >= 0.3 is 0 Å². The van der Waals surface area contributed by atoms with E-state index in [1.807, 2.05) is 6.07 Å². The maximum atomic E-state index is 12.2. The normalized spacial score (nSPS) is 13.7. The monoisotopic (exact) mass is 401 g/mol. The molecule has 0 bridgehead atoms. The van der Waals surface area contributed by atoms with Crippen LogP contribution in [-0.4, -0.2) is 36.9 Å². The van der Waals surface area contributed by atoms with E-state index in [0.29, 0.717) is 11.7 Å². The van der Waals surface area contributed by atoms with E-state index in [4.69, 9.17) is 0 Å². The Balaban J connectivity index is 1.39. The second-order valence-electron chi connectivity index (χ2n) is 6.43. The summed E-state index contributed by atoms with van der Waals surface area (Å²) in [6, 6.07) is 7.98. The molecule has 3 aromatic rings. The molecule has 0 spiro atoms. The van der Waals surface area contributed by atoms with Crippen LogP contribution in [-0.2, 0) is 18.3 Å². The summed E-state index contributed by atoms with van der Waals surface area (Å²) in [5.74, 6) is 0.328. The number of hydrogen-bond acceptors (Lipinski definition) is 6. The molecule has 0 aliphatic heterocycles. The highest BCUT2D eigenvalue weighted by molar-refractivity contribution is 7.99. The number of nitrogens with zero attached hydrogens (tertiary/aromatic N) is 4. The first-order valence-electron chi connectivity index (χ1n) is 8.66. The predicted octanol–water partition coefficient (Wildman–Crippen LogP) is 2.65. The van der Waals surface area contributed by atoms with Crippen LogP contribution < -0.4 is 5.32 Å². The maximum Gasteiger partial charge on any atom is 0.274 e. The molecular weight excluding hydrogens is 382 g/mol. The van der Waals surface area contributed by atoms with Crippen molar-refractivity contribution in [3.8, 4) is 0 Å². The molecule has 140 valence electrons. The number of thioether (sulfide) groups is 1. The summed E-state index contributed by atoms with van der Waals surface area (Å²) in [7, 11) is 1.77. The number of aryl methyl sites for hydroxylation is 1. The maximum absolute atomic E-state index is 12.2. The lowest BCUT2D eigenvalue weighted by atomic mass is 10.3. The van der Waals surface area contributed by atoms with E-state index >= 15 is 0 Å². The van der Waals surface area contributed by atoms with Crippen LogP contribution >= 0.6 is 23.1 Å². The first kappa shape index (κ1) is 18.0. The van der Waals surface area contributed by atoms with Crippen molar-refractivity contribution in [1.82, 2.24) is 24.6 Å². The number of aromatic nitrogens is 4. The zero-order valence-corrected chi connectivity index (χ0v) is 16.4. The SMILES string of the molecule is Cn1cccc1C(=O)NC(=O)CSc1nnc(Cc2cccs2)n1C1CC1. The van der Waals surface area contributed by atoms with Gasteiger partial charge in [-0.15, -0.1) is 21.5 Å². The van der Waals surface area contributed by atoms with Gasteiger partial charge in [-0.25, -0.2) is 0 Å². The van der Waals surface area contributed by atoms with Gasteiger partial charge in [-0.05, 0) is 36.4 Å². The second kappa shape index (κ2) is 7.69. The topological polar surface area (TPSA) is 81.8 Å². The Labute approximate surface area is 164 Å². The molecule has 1 aliphatic carbocycles. The molecular formula is C18H19N5O2S2. The van der Waals surface area contributed by atoms with Gasteiger partial charge in [-0.3, -0.25) is 14.9 Å². The first-order chi connectivity index (χ1) is 13.1. The fourth-order valence-electron chi connectivity index (χ4n) is 2.85. The Kier molecular flexibility index (Phi) is 5.13. The lowest BCUT2D eigenvalue weighted by Crippen LogP contribution is -2.33. The van der Waals surface area contributed by atoms with Gasteiger partial charge in [0.25, 0.3) is 5.91 Å². The van der Waals surface area contributed by atoms with E-state index < -0.39 is 5.91 Å². The van der Waals surface area contributed by atoms with Crippen molar-refractivity contribution in [2.24, 2.45) is 7.05 Å². The number of carbonyl (C=O) groups excluding carboxylic acids is 2. The average molecular weight is 402 g/mol. The van der Waals surface area contributed by atoms with Crippen molar-refractivity contribution in [1.29, 1.82) is 0 Å². The number of rotatable bonds is 7. The summed E-state index contributed by atoms with van der Waals surface area (Å²) in [5.41, 5.74) is 0.452. The van der Waals surface area contributed by atoms with Gasteiger partial charge in [0.2, 0.25) is 5.91 Å². The third kappa shape index (κ3) is 4.14. The minimum atomic E-state index is -0.393. The van der Waals surface area contributed by atoms with Crippen molar-refractivity contribution >= 4 is 34.9 Å². The molecule has 1 saturated carbocycles. The van der Waals surface area contributed by atoms with Gasteiger partial charge in [0.05, 0.1) is 5.75 Å². The number of nitrogens with one attached hydrogen (secondary N) is 1. The second-order valence-corrected chi connectivity index (χ2v) is 8.40. The molecule has 3 heterocycles. The molecule has 0 unspecified atom stereocenters. The number of imide groups is 1. The molecule has 0 radical (unpaired) electrons. The summed E-state index contributed by atoms with van der Waals surface area (Å²) >= 11 is 3.02. The predicted molar refractivity (Wildman–Crippen MR) is 104 cm³/mol. The highest BCUT2D eigenvalue weighted by atomic mass is 32.2. The Morgan fingerprint density at radius 3 is 2.81 bits per heavy atom. The summed E-state index contributed by atoms with van der Waals surface area (Å²) < 4.78 is 3.83. The zero-order valence-electron chi connectivity index (χ0n) is 14.8. The van der Waals surface area contributed by atoms with Gasteiger partial charge in [0.15, 0.2) is 5.16 Å². The van der Waals surface area contributed by atoms with Crippen LogP contribution in [0, 0.1) is 0 Å². The standard InChI is InChI=1S/C18H19N5O2S2/c1-22-8-2-5-14(22)17(25)19-16(24)11-27-18-21-20-15(23(18)12-6-7-12)10-13-4-3-9-26-13/h2-5,8-9,12H,6-7,10-11H2,1H3,(H,19,24,25). The Morgan fingerprint density at radius 1 is 1.30 bits per heavy atom. The molecule has 1 fully saturated rings.